The highest BCUT2D eigenvalue weighted by molar-refractivity contribution is 5.85. The van der Waals surface area contributed by atoms with Gasteiger partial charge >= 0.3 is 0 Å². The van der Waals surface area contributed by atoms with E-state index in [4.69, 9.17) is 0 Å². The molecule has 2 saturated carbocycles. The van der Waals surface area contributed by atoms with Crippen LogP contribution in [0.15, 0.2) is 0 Å². The van der Waals surface area contributed by atoms with Gasteiger partial charge in [0, 0.05) is 30.8 Å². The molecule has 2 unspecified atom stereocenters. The molecule has 2 atom stereocenters. The number of nitrogens with zero attached hydrogens (tertiary/aromatic N) is 1. The first kappa shape index (κ1) is 11.2. The van der Waals surface area contributed by atoms with Gasteiger partial charge in [-0.25, -0.2) is 0 Å². The number of Topliss-reactive ketones (excluding diaryl/α,β-unsaturated/α-hetero) is 1. The number of rotatable bonds is 2. The smallest absolute Gasteiger partial charge is 0.225 e. The first-order valence-electron chi connectivity index (χ1n) is 7.10. The van der Waals surface area contributed by atoms with Gasteiger partial charge in [-0.15, -0.1) is 0 Å². The molecule has 0 bridgehead atoms. The Morgan fingerprint density at radius 2 is 1.88 bits per heavy atom. The number of carbonyl (C=O) groups excluding carboxylic acids is 2. The summed E-state index contributed by atoms with van der Waals surface area (Å²) in [6.45, 7) is 0.893. The van der Waals surface area contributed by atoms with Crippen molar-refractivity contribution in [3.8, 4) is 0 Å². The van der Waals surface area contributed by atoms with Crippen molar-refractivity contribution in [2.75, 3.05) is 6.54 Å². The molecule has 0 N–H and O–H groups in total. The zero-order valence-corrected chi connectivity index (χ0v) is 10.4. The summed E-state index contributed by atoms with van der Waals surface area (Å²) in [5.41, 5.74) is 0. The Hall–Kier alpha value is -0.860. The maximum atomic E-state index is 12.2. The number of hydrogen-bond donors (Lipinski definition) is 0. The molecule has 94 valence electrons. The molecule has 0 aromatic rings. The van der Waals surface area contributed by atoms with E-state index < -0.39 is 0 Å². The highest BCUT2D eigenvalue weighted by atomic mass is 16.2. The van der Waals surface area contributed by atoms with Crippen LogP contribution in [0.5, 0.6) is 0 Å². The fraction of sp³-hybridized carbons (Fsp3) is 0.857. The average Bonchev–Trinajstić information content (AvgIpc) is 3.07. The van der Waals surface area contributed by atoms with Crippen LogP contribution >= 0.6 is 0 Å². The lowest BCUT2D eigenvalue weighted by atomic mass is 9.81. The van der Waals surface area contributed by atoms with Gasteiger partial charge in [0.25, 0.3) is 0 Å². The van der Waals surface area contributed by atoms with Crippen LogP contribution in [0.25, 0.3) is 0 Å². The molecule has 3 heteroatoms. The van der Waals surface area contributed by atoms with E-state index in [1.165, 1.54) is 6.42 Å². The lowest BCUT2D eigenvalue weighted by Gasteiger charge is -2.33. The summed E-state index contributed by atoms with van der Waals surface area (Å²) in [5.74, 6) is 1.21. The standard InChI is InChI=1S/C14H21NO2/c16-13-6-2-1-4-11(13)12-5-3-9-15(12)14(17)10-7-8-10/h10-12H,1-9H2. The number of likely N-dealkylation sites (tertiary alicyclic amines) is 1. The Morgan fingerprint density at radius 1 is 1.06 bits per heavy atom. The van der Waals surface area contributed by atoms with E-state index in [0.717, 1.165) is 51.5 Å². The molecule has 0 aromatic carbocycles. The molecule has 0 spiro atoms. The SMILES string of the molecule is O=C1CCCCC1C1CCCN1C(=O)C1CC1. The second kappa shape index (κ2) is 4.43. The van der Waals surface area contributed by atoms with Crippen LogP contribution in [0, 0.1) is 11.8 Å². The Labute approximate surface area is 103 Å². The van der Waals surface area contributed by atoms with Crippen LogP contribution in [-0.4, -0.2) is 29.2 Å². The molecule has 1 heterocycles. The summed E-state index contributed by atoms with van der Waals surface area (Å²) >= 11 is 0. The van der Waals surface area contributed by atoms with Gasteiger partial charge in [-0.1, -0.05) is 6.42 Å². The summed E-state index contributed by atoms with van der Waals surface area (Å²) < 4.78 is 0. The van der Waals surface area contributed by atoms with Crippen LogP contribution < -0.4 is 0 Å². The van der Waals surface area contributed by atoms with E-state index in [-0.39, 0.29) is 12.0 Å². The molecule has 1 aliphatic heterocycles. The zero-order chi connectivity index (χ0) is 11.8. The Bertz CT molecular complexity index is 335. The van der Waals surface area contributed by atoms with E-state index in [9.17, 15) is 9.59 Å². The first-order valence-corrected chi connectivity index (χ1v) is 7.10. The molecule has 0 aromatic heterocycles. The largest absolute Gasteiger partial charge is 0.339 e. The number of hydrogen-bond acceptors (Lipinski definition) is 2. The highest BCUT2D eigenvalue weighted by Gasteiger charge is 2.42. The van der Waals surface area contributed by atoms with Crippen molar-refractivity contribution in [2.24, 2.45) is 11.8 Å². The van der Waals surface area contributed by atoms with Crippen molar-refractivity contribution in [3.63, 3.8) is 0 Å². The fourth-order valence-corrected chi connectivity index (χ4v) is 3.47. The Balaban J connectivity index is 1.71. The van der Waals surface area contributed by atoms with Crippen molar-refractivity contribution in [2.45, 2.75) is 57.4 Å². The van der Waals surface area contributed by atoms with Gasteiger partial charge < -0.3 is 4.90 Å². The van der Waals surface area contributed by atoms with Gasteiger partial charge in [0.1, 0.15) is 5.78 Å². The predicted molar refractivity (Wildman–Crippen MR) is 64.4 cm³/mol. The van der Waals surface area contributed by atoms with E-state index in [1.807, 2.05) is 4.90 Å². The van der Waals surface area contributed by atoms with Crippen molar-refractivity contribution in [1.82, 2.24) is 4.90 Å². The van der Waals surface area contributed by atoms with Gasteiger partial charge in [-0.2, -0.15) is 0 Å². The minimum Gasteiger partial charge on any atom is -0.339 e. The fourth-order valence-electron chi connectivity index (χ4n) is 3.47. The normalized spacial score (nSPS) is 34.1. The van der Waals surface area contributed by atoms with Crippen LogP contribution in [0.3, 0.4) is 0 Å². The maximum Gasteiger partial charge on any atom is 0.225 e. The summed E-state index contributed by atoms with van der Waals surface area (Å²) in [5, 5.41) is 0. The summed E-state index contributed by atoms with van der Waals surface area (Å²) in [7, 11) is 0. The van der Waals surface area contributed by atoms with Crippen molar-refractivity contribution < 1.29 is 9.59 Å². The van der Waals surface area contributed by atoms with E-state index in [1.54, 1.807) is 0 Å². The molecule has 17 heavy (non-hydrogen) atoms. The summed E-state index contributed by atoms with van der Waals surface area (Å²) in [4.78, 5) is 26.2. The third kappa shape index (κ3) is 2.12. The maximum absolute atomic E-state index is 12.2. The third-order valence-corrected chi connectivity index (χ3v) is 4.58. The van der Waals surface area contributed by atoms with Crippen LogP contribution in [-0.2, 0) is 9.59 Å². The van der Waals surface area contributed by atoms with Crippen LogP contribution in [0.2, 0.25) is 0 Å². The predicted octanol–water partition coefficient (Wildman–Crippen LogP) is 2.15. The minimum absolute atomic E-state index is 0.161. The first-order chi connectivity index (χ1) is 8.27. The molecule has 1 amide bonds. The quantitative estimate of drug-likeness (QED) is 0.735. The number of ketones is 1. The molecule has 3 aliphatic rings. The Morgan fingerprint density at radius 3 is 2.59 bits per heavy atom. The van der Waals surface area contributed by atoms with Gasteiger partial charge in [0.2, 0.25) is 5.91 Å². The average molecular weight is 235 g/mol. The molecular formula is C14H21NO2. The van der Waals surface area contributed by atoms with Crippen molar-refractivity contribution in [1.29, 1.82) is 0 Å². The number of amides is 1. The molecule has 3 rings (SSSR count). The second-order valence-corrected chi connectivity index (χ2v) is 5.83. The monoisotopic (exact) mass is 235 g/mol. The topological polar surface area (TPSA) is 37.4 Å². The van der Waals surface area contributed by atoms with E-state index in [0.29, 0.717) is 17.6 Å². The van der Waals surface area contributed by atoms with Gasteiger partial charge in [-0.05, 0) is 38.5 Å². The minimum atomic E-state index is 0.161. The summed E-state index contributed by atoms with van der Waals surface area (Å²) in [6, 6.07) is 0.246. The van der Waals surface area contributed by atoms with E-state index >= 15 is 0 Å². The highest BCUT2D eigenvalue weighted by Crippen LogP contribution is 2.37. The molecule has 2 aliphatic carbocycles. The third-order valence-electron chi connectivity index (χ3n) is 4.58. The van der Waals surface area contributed by atoms with Crippen LogP contribution in [0.1, 0.15) is 51.4 Å². The van der Waals surface area contributed by atoms with Crippen molar-refractivity contribution >= 4 is 11.7 Å². The van der Waals surface area contributed by atoms with Gasteiger partial charge in [0.05, 0.1) is 0 Å². The van der Waals surface area contributed by atoms with Crippen LogP contribution in [0.4, 0.5) is 0 Å². The molecule has 3 nitrogen and oxygen atoms in total. The van der Waals surface area contributed by atoms with Gasteiger partial charge in [0.15, 0.2) is 0 Å². The number of carbonyl (C=O) groups is 2. The molecular weight excluding hydrogens is 214 g/mol. The summed E-state index contributed by atoms with van der Waals surface area (Å²) in [6.07, 6.45) is 8.25. The van der Waals surface area contributed by atoms with Gasteiger partial charge in [-0.3, -0.25) is 9.59 Å². The molecule has 0 radical (unpaired) electrons. The van der Waals surface area contributed by atoms with Crippen molar-refractivity contribution in [3.05, 3.63) is 0 Å². The lowest BCUT2D eigenvalue weighted by molar-refractivity contribution is -0.136. The Kier molecular flexibility index (Phi) is 2.93. The lowest BCUT2D eigenvalue weighted by Crippen LogP contribution is -2.44. The van der Waals surface area contributed by atoms with E-state index in [2.05, 4.69) is 0 Å². The molecule has 1 saturated heterocycles. The zero-order valence-electron chi connectivity index (χ0n) is 10.4. The molecule has 3 fully saturated rings. The second-order valence-electron chi connectivity index (χ2n) is 5.83.